The molecule has 0 unspecified atom stereocenters. The van der Waals surface area contributed by atoms with Crippen LogP contribution < -0.4 is 5.73 Å². The lowest BCUT2D eigenvalue weighted by Crippen LogP contribution is -2.42. The zero-order valence-corrected chi connectivity index (χ0v) is 12.7. The Labute approximate surface area is 121 Å². The molecule has 19 heavy (non-hydrogen) atoms. The normalized spacial score (nSPS) is 22.7. The van der Waals surface area contributed by atoms with Crippen molar-refractivity contribution in [3.8, 4) is 0 Å². The molecule has 1 heterocycles. The number of thioether (sulfide) groups is 1. The van der Waals surface area contributed by atoms with Gasteiger partial charge >= 0.3 is 0 Å². The van der Waals surface area contributed by atoms with Crippen molar-refractivity contribution in [2.24, 2.45) is 10.7 Å². The Morgan fingerprint density at radius 1 is 1.21 bits per heavy atom. The highest BCUT2D eigenvalue weighted by Gasteiger charge is 2.13. The second kappa shape index (κ2) is 8.69. The van der Waals surface area contributed by atoms with Crippen LogP contribution in [0.1, 0.15) is 38.5 Å². The van der Waals surface area contributed by atoms with E-state index in [1.165, 1.54) is 43.6 Å². The largest absolute Gasteiger partial charge is 0.378 e. The van der Waals surface area contributed by atoms with Crippen molar-refractivity contribution in [3.05, 3.63) is 0 Å². The lowest BCUT2D eigenvalue weighted by atomic mass is 9.98. The number of nitrogens with zero attached hydrogens (tertiary/aromatic N) is 2. The first-order valence-electron chi connectivity index (χ1n) is 7.60. The molecule has 4 nitrogen and oxygen atoms in total. The summed E-state index contributed by atoms with van der Waals surface area (Å²) in [4.78, 5) is 6.65. The molecule has 1 aliphatic heterocycles. The predicted molar refractivity (Wildman–Crippen MR) is 82.8 cm³/mol. The molecule has 0 spiro atoms. The van der Waals surface area contributed by atoms with Gasteiger partial charge in [0.25, 0.3) is 0 Å². The van der Waals surface area contributed by atoms with E-state index >= 15 is 0 Å². The number of hydrogen-bond donors (Lipinski definition) is 1. The van der Waals surface area contributed by atoms with Gasteiger partial charge in [-0.2, -0.15) is 11.8 Å². The first kappa shape index (κ1) is 15.0. The fraction of sp³-hybridized carbons (Fsp3) is 0.929. The zero-order valence-electron chi connectivity index (χ0n) is 11.9. The van der Waals surface area contributed by atoms with Gasteiger partial charge in [-0.15, -0.1) is 0 Å². The number of ether oxygens (including phenoxy) is 1. The van der Waals surface area contributed by atoms with E-state index in [9.17, 15) is 0 Å². The molecule has 0 aromatic carbocycles. The topological polar surface area (TPSA) is 50.9 Å². The Balaban J connectivity index is 1.54. The summed E-state index contributed by atoms with van der Waals surface area (Å²) in [6, 6.07) is 0. The molecule has 1 aliphatic carbocycles. The quantitative estimate of drug-likeness (QED) is 0.477. The van der Waals surface area contributed by atoms with Gasteiger partial charge in [-0.25, -0.2) is 0 Å². The van der Waals surface area contributed by atoms with Crippen molar-refractivity contribution in [1.82, 2.24) is 4.90 Å². The maximum Gasteiger partial charge on any atom is 0.191 e. The minimum atomic E-state index is 0.509. The SMILES string of the molecule is NC(=NCCCOC1CCCCC1)N1CCSCC1. The summed E-state index contributed by atoms with van der Waals surface area (Å²) in [5.41, 5.74) is 6.00. The van der Waals surface area contributed by atoms with Gasteiger partial charge in [0.2, 0.25) is 0 Å². The molecule has 0 radical (unpaired) electrons. The highest BCUT2D eigenvalue weighted by Crippen LogP contribution is 2.20. The third-order valence-corrected chi connectivity index (χ3v) is 4.76. The molecule has 0 bridgehead atoms. The minimum absolute atomic E-state index is 0.509. The Bertz CT molecular complexity index is 274. The molecule has 0 aromatic heterocycles. The Morgan fingerprint density at radius 2 is 1.95 bits per heavy atom. The van der Waals surface area contributed by atoms with Crippen LogP contribution >= 0.6 is 11.8 Å². The van der Waals surface area contributed by atoms with Crippen LogP contribution in [-0.2, 0) is 4.74 Å². The second-order valence-electron chi connectivity index (χ2n) is 5.32. The van der Waals surface area contributed by atoms with Crippen molar-refractivity contribution >= 4 is 17.7 Å². The lowest BCUT2D eigenvalue weighted by Gasteiger charge is -2.27. The lowest BCUT2D eigenvalue weighted by molar-refractivity contribution is 0.0281. The molecular formula is C14H27N3OS. The highest BCUT2D eigenvalue weighted by atomic mass is 32.2. The summed E-state index contributed by atoms with van der Waals surface area (Å²) in [5, 5.41) is 0. The van der Waals surface area contributed by atoms with Gasteiger partial charge in [-0.05, 0) is 19.3 Å². The number of hydrogen-bond acceptors (Lipinski definition) is 3. The van der Waals surface area contributed by atoms with E-state index in [2.05, 4.69) is 9.89 Å². The molecular weight excluding hydrogens is 258 g/mol. The monoisotopic (exact) mass is 285 g/mol. The predicted octanol–water partition coefficient (Wildman–Crippen LogP) is 2.09. The van der Waals surface area contributed by atoms with Crippen molar-refractivity contribution in [1.29, 1.82) is 0 Å². The second-order valence-corrected chi connectivity index (χ2v) is 6.55. The van der Waals surface area contributed by atoms with E-state index in [1.54, 1.807) is 0 Å². The van der Waals surface area contributed by atoms with Crippen LogP contribution in [0, 0.1) is 0 Å². The molecule has 2 aliphatic rings. The average Bonchev–Trinajstić information content (AvgIpc) is 2.49. The van der Waals surface area contributed by atoms with E-state index in [1.807, 2.05) is 11.8 Å². The number of rotatable bonds is 5. The fourth-order valence-corrected chi connectivity index (χ4v) is 3.54. The van der Waals surface area contributed by atoms with E-state index in [0.29, 0.717) is 6.10 Å². The van der Waals surface area contributed by atoms with Crippen LogP contribution in [0.3, 0.4) is 0 Å². The van der Waals surface area contributed by atoms with Gasteiger partial charge in [0.15, 0.2) is 5.96 Å². The molecule has 0 atom stereocenters. The Morgan fingerprint density at radius 3 is 2.68 bits per heavy atom. The minimum Gasteiger partial charge on any atom is -0.378 e. The summed E-state index contributed by atoms with van der Waals surface area (Å²) >= 11 is 1.99. The van der Waals surface area contributed by atoms with Crippen LogP contribution in [0.4, 0.5) is 0 Å². The molecule has 2 N–H and O–H groups in total. The third kappa shape index (κ3) is 5.61. The molecule has 0 amide bonds. The van der Waals surface area contributed by atoms with Crippen LogP contribution in [0.2, 0.25) is 0 Å². The Hall–Kier alpha value is -0.420. The average molecular weight is 285 g/mol. The van der Waals surface area contributed by atoms with Gasteiger partial charge in [0, 0.05) is 37.7 Å². The van der Waals surface area contributed by atoms with Crippen LogP contribution in [0.5, 0.6) is 0 Å². The van der Waals surface area contributed by atoms with Crippen LogP contribution in [0.15, 0.2) is 4.99 Å². The molecule has 110 valence electrons. The summed E-state index contributed by atoms with van der Waals surface area (Å²) in [6.45, 7) is 3.71. The van der Waals surface area contributed by atoms with E-state index < -0.39 is 0 Å². The number of guanidine groups is 1. The van der Waals surface area contributed by atoms with Gasteiger partial charge in [-0.3, -0.25) is 4.99 Å². The van der Waals surface area contributed by atoms with E-state index in [0.717, 1.165) is 38.6 Å². The van der Waals surface area contributed by atoms with E-state index in [-0.39, 0.29) is 0 Å². The zero-order chi connectivity index (χ0) is 13.3. The molecule has 5 heteroatoms. The van der Waals surface area contributed by atoms with Crippen molar-refractivity contribution < 1.29 is 4.74 Å². The first-order chi connectivity index (χ1) is 9.36. The first-order valence-corrected chi connectivity index (χ1v) is 8.76. The molecule has 2 rings (SSSR count). The van der Waals surface area contributed by atoms with Crippen molar-refractivity contribution in [2.75, 3.05) is 37.7 Å². The maximum atomic E-state index is 6.00. The molecule has 1 saturated heterocycles. The summed E-state index contributed by atoms with van der Waals surface area (Å²) in [7, 11) is 0. The van der Waals surface area contributed by atoms with Gasteiger partial charge in [0.05, 0.1) is 6.10 Å². The molecule has 1 saturated carbocycles. The van der Waals surface area contributed by atoms with Crippen molar-refractivity contribution in [3.63, 3.8) is 0 Å². The van der Waals surface area contributed by atoms with Gasteiger partial charge in [-0.1, -0.05) is 19.3 Å². The number of aliphatic imine (C=N–C) groups is 1. The summed E-state index contributed by atoms with van der Waals surface area (Å²) in [6.07, 6.45) is 8.04. The van der Waals surface area contributed by atoms with Crippen LogP contribution in [0.25, 0.3) is 0 Å². The molecule has 2 fully saturated rings. The standard InChI is InChI=1S/C14H27N3OS/c15-14(17-8-11-19-12-9-17)16-7-4-10-18-13-5-2-1-3-6-13/h13H,1-12H2,(H2,15,16). The van der Waals surface area contributed by atoms with Gasteiger partial charge in [0.1, 0.15) is 0 Å². The van der Waals surface area contributed by atoms with Gasteiger partial charge < -0.3 is 15.4 Å². The van der Waals surface area contributed by atoms with Crippen LogP contribution in [-0.4, -0.2) is 54.7 Å². The van der Waals surface area contributed by atoms with Crippen molar-refractivity contribution in [2.45, 2.75) is 44.6 Å². The smallest absolute Gasteiger partial charge is 0.191 e. The summed E-state index contributed by atoms with van der Waals surface area (Å²) in [5.74, 6) is 3.06. The fourth-order valence-electron chi connectivity index (χ4n) is 2.63. The van der Waals surface area contributed by atoms with E-state index in [4.69, 9.17) is 10.5 Å². The maximum absolute atomic E-state index is 6.00. The highest BCUT2D eigenvalue weighted by molar-refractivity contribution is 7.99. The summed E-state index contributed by atoms with van der Waals surface area (Å²) < 4.78 is 5.88. The third-order valence-electron chi connectivity index (χ3n) is 3.82. The number of nitrogens with two attached hydrogens (primary N) is 1. The molecule has 0 aromatic rings. The Kier molecular flexibility index (Phi) is 6.85.